The lowest BCUT2D eigenvalue weighted by molar-refractivity contribution is 0.668. The Morgan fingerprint density at radius 2 is 1.12 bits per heavy atom. The molecule has 202 valence electrons. The van der Waals surface area contributed by atoms with E-state index in [0.717, 1.165) is 77.4 Å². The molecule has 0 aliphatic carbocycles. The van der Waals surface area contributed by atoms with Crippen LogP contribution in [0.2, 0.25) is 0 Å². The van der Waals surface area contributed by atoms with E-state index in [1.807, 2.05) is 36.5 Å². The average Bonchev–Trinajstić information content (AvgIpc) is 3.62. The van der Waals surface area contributed by atoms with Gasteiger partial charge in [-0.15, -0.1) is 0 Å². The molecule has 0 aliphatic rings. The maximum Gasteiger partial charge on any atom is 0.149 e. The summed E-state index contributed by atoms with van der Waals surface area (Å²) < 4.78 is 12.6. The summed E-state index contributed by atoms with van der Waals surface area (Å²) in [7, 11) is 0. The summed E-state index contributed by atoms with van der Waals surface area (Å²) in [6, 6.07) is 48.3. The molecule has 4 nitrogen and oxygen atoms in total. The van der Waals surface area contributed by atoms with Gasteiger partial charge in [-0.05, 0) is 76.5 Å². The molecule has 0 aliphatic heterocycles. The van der Waals surface area contributed by atoms with Crippen LogP contribution < -0.4 is 4.90 Å². The van der Waals surface area contributed by atoms with E-state index in [1.165, 1.54) is 5.56 Å². The van der Waals surface area contributed by atoms with E-state index in [4.69, 9.17) is 13.8 Å². The minimum atomic E-state index is 0.802. The average molecular weight is 553 g/mol. The molecule has 3 aromatic heterocycles. The van der Waals surface area contributed by atoms with Crippen molar-refractivity contribution >= 4 is 71.8 Å². The number of pyridine rings is 1. The number of nitrogens with zero attached hydrogens (tertiary/aromatic N) is 2. The van der Waals surface area contributed by atoms with Crippen molar-refractivity contribution in [2.45, 2.75) is 0 Å². The fourth-order valence-corrected chi connectivity index (χ4v) is 6.24. The lowest BCUT2D eigenvalue weighted by atomic mass is 10.0. The highest BCUT2D eigenvalue weighted by molar-refractivity contribution is 6.16. The maximum atomic E-state index is 6.43. The molecule has 0 fully saturated rings. The molecule has 0 saturated carbocycles. The van der Waals surface area contributed by atoms with E-state index in [0.29, 0.717) is 0 Å². The van der Waals surface area contributed by atoms with Gasteiger partial charge in [0.25, 0.3) is 0 Å². The van der Waals surface area contributed by atoms with E-state index < -0.39 is 0 Å². The molecule has 43 heavy (non-hydrogen) atoms. The Hall–Kier alpha value is -5.87. The number of hydrogen-bond acceptors (Lipinski definition) is 4. The second-order valence-electron chi connectivity index (χ2n) is 10.8. The highest BCUT2D eigenvalue weighted by atomic mass is 16.3. The van der Waals surface area contributed by atoms with Crippen LogP contribution in [0.15, 0.2) is 155 Å². The normalized spacial score (nSPS) is 11.7. The molecule has 0 unspecified atom stereocenters. The fraction of sp³-hybridized carbons (Fsp3) is 0. The second kappa shape index (κ2) is 9.33. The second-order valence-corrected chi connectivity index (χ2v) is 10.8. The largest absolute Gasteiger partial charge is 0.456 e. The first-order valence-corrected chi connectivity index (χ1v) is 14.4. The molecule has 0 bridgehead atoms. The highest BCUT2D eigenvalue weighted by Crippen LogP contribution is 2.44. The summed E-state index contributed by atoms with van der Waals surface area (Å²) in [6.07, 6.45) is 1.83. The Kier molecular flexibility index (Phi) is 5.16. The van der Waals surface area contributed by atoms with E-state index in [-0.39, 0.29) is 0 Å². The van der Waals surface area contributed by atoms with E-state index in [1.54, 1.807) is 0 Å². The van der Waals surface area contributed by atoms with Gasteiger partial charge in [0.15, 0.2) is 0 Å². The molecule has 6 aromatic carbocycles. The van der Waals surface area contributed by atoms with Gasteiger partial charge in [-0.3, -0.25) is 4.90 Å². The number of para-hydroxylation sites is 1. The SMILES string of the molecule is c1ccc(-c2ccc(N(c3ccc4oc5ccccc5c4c3)c3nccc4oc5cc6ccccc6cc5c34)cc2)cc1. The molecular weight excluding hydrogens is 528 g/mol. The standard InChI is InChI=1S/C39H24N2O2/c1-2-8-25(9-3-1)26-14-16-29(17-15-26)41(30-18-19-35-32(24-30)31-12-6-7-13-34(31)42-35)39-38-33-22-27-10-4-5-11-28(27)23-37(33)43-36(38)20-21-40-39/h1-24H. The first-order valence-electron chi connectivity index (χ1n) is 14.4. The van der Waals surface area contributed by atoms with Gasteiger partial charge in [-0.25, -0.2) is 4.98 Å². The van der Waals surface area contributed by atoms with E-state index >= 15 is 0 Å². The van der Waals surface area contributed by atoms with Gasteiger partial charge in [-0.2, -0.15) is 0 Å². The molecule has 0 amide bonds. The summed E-state index contributed by atoms with van der Waals surface area (Å²) in [4.78, 5) is 7.24. The van der Waals surface area contributed by atoms with Crippen LogP contribution in [0.25, 0.3) is 65.8 Å². The lowest BCUT2D eigenvalue weighted by Gasteiger charge is -2.25. The third kappa shape index (κ3) is 3.81. The summed E-state index contributed by atoms with van der Waals surface area (Å²) in [6.45, 7) is 0. The predicted octanol–water partition coefficient (Wildman–Crippen LogP) is 11.2. The summed E-state index contributed by atoms with van der Waals surface area (Å²) >= 11 is 0. The van der Waals surface area contributed by atoms with Crippen molar-refractivity contribution in [3.63, 3.8) is 0 Å². The van der Waals surface area contributed by atoms with Crippen molar-refractivity contribution in [2.75, 3.05) is 4.90 Å². The zero-order chi connectivity index (χ0) is 28.3. The van der Waals surface area contributed by atoms with Crippen molar-refractivity contribution in [3.8, 4) is 11.1 Å². The zero-order valence-corrected chi connectivity index (χ0v) is 23.1. The Morgan fingerprint density at radius 3 is 1.98 bits per heavy atom. The van der Waals surface area contributed by atoms with Gasteiger partial charge in [0, 0.05) is 33.7 Å². The third-order valence-electron chi connectivity index (χ3n) is 8.29. The van der Waals surface area contributed by atoms with Gasteiger partial charge in [0.05, 0.1) is 5.39 Å². The van der Waals surface area contributed by atoms with Crippen LogP contribution in [0.3, 0.4) is 0 Å². The number of hydrogen-bond donors (Lipinski definition) is 0. The number of benzene rings is 6. The van der Waals surface area contributed by atoms with E-state index in [9.17, 15) is 0 Å². The molecule has 0 spiro atoms. The number of fused-ring (bicyclic) bond motifs is 7. The summed E-state index contributed by atoms with van der Waals surface area (Å²) in [5, 5.41) is 6.48. The molecule has 0 saturated heterocycles. The van der Waals surface area contributed by atoms with Crippen LogP contribution >= 0.6 is 0 Å². The minimum absolute atomic E-state index is 0.802. The third-order valence-corrected chi connectivity index (χ3v) is 8.29. The van der Waals surface area contributed by atoms with Crippen LogP contribution in [-0.2, 0) is 0 Å². The van der Waals surface area contributed by atoms with Gasteiger partial charge < -0.3 is 8.83 Å². The molecule has 9 rings (SSSR count). The first kappa shape index (κ1) is 23.8. The minimum Gasteiger partial charge on any atom is -0.456 e. The summed E-state index contributed by atoms with van der Waals surface area (Å²) in [5.74, 6) is 0.811. The van der Waals surface area contributed by atoms with Crippen molar-refractivity contribution in [1.82, 2.24) is 4.98 Å². The molecule has 9 aromatic rings. The predicted molar refractivity (Wildman–Crippen MR) is 176 cm³/mol. The van der Waals surface area contributed by atoms with Crippen LogP contribution in [0, 0.1) is 0 Å². The molecule has 4 heteroatoms. The Morgan fingerprint density at radius 1 is 0.442 bits per heavy atom. The smallest absolute Gasteiger partial charge is 0.149 e. The van der Waals surface area contributed by atoms with Crippen molar-refractivity contribution in [2.24, 2.45) is 0 Å². The molecule has 0 radical (unpaired) electrons. The van der Waals surface area contributed by atoms with Crippen LogP contribution in [0.5, 0.6) is 0 Å². The van der Waals surface area contributed by atoms with Gasteiger partial charge >= 0.3 is 0 Å². The number of furan rings is 2. The molecule has 0 N–H and O–H groups in total. The lowest BCUT2D eigenvalue weighted by Crippen LogP contribution is -2.11. The molecule has 3 heterocycles. The Labute approximate surface area is 247 Å². The van der Waals surface area contributed by atoms with Crippen LogP contribution in [0.4, 0.5) is 17.2 Å². The zero-order valence-electron chi connectivity index (χ0n) is 23.1. The van der Waals surface area contributed by atoms with Crippen LogP contribution in [-0.4, -0.2) is 4.98 Å². The number of rotatable bonds is 4. The Balaban J connectivity index is 1.31. The highest BCUT2D eigenvalue weighted by Gasteiger charge is 2.22. The number of anilines is 3. The maximum absolute atomic E-state index is 6.43. The van der Waals surface area contributed by atoms with Crippen molar-refractivity contribution in [3.05, 3.63) is 146 Å². The quantitative estimate of drug-likeness (QED) is 0.218. The van der Waals surface area contributed by atoms with Crippen molar-refractivity contribution in [1.29, 1.82) is 0 Å². The topological polar surface area (TPSA) is 42.4 Å². The fourth-order valence-electron chi connectivity index (χ4n) is 6.24. The monoisotopic (exact) mass is 552 g/mol. The van der Waals surface area contributed by atoms with Gasteiger partial charge in [0.1, 0.15) is 28.1 Å². The molecule has 0 atom stereocenters. The number of aromatic nitrogens is 1. The van der Waals surface area contributed by atoms with Crippen molar-refractivity contribution < 1.29 is 8.83 Å². The first-order chi connectivity index (χ1) is 21.3. The Bertz CT molecular complexity index is 2450. The van der Waals surface area contributed by atoms with E-state index in [2.05, 4.69) is 114 Å². The molecular formula is C39H24N2O2. The van der Waals surface area contributed by atoms with Crippen LogP contribution in [0.1, 0.15) is 0 Å². The van der Waals surface area contributed by atoms with Gasteiger partial charge in [0.2, 0.25) is 0 Å². The van der Waals surface area contributed by atoms with Gasteiger partial charge in [-0.1, -0.05) is 84.9 Å². The summed E-state index contributed by atoms with van der Waals surface area (Å²) in [5.41, 5.74) is 7.71.